The van der Waals surface area contributed by atoms with Crippen LogP contribution in [0.3, 0.4) is 0 Å². The fourth-order valence-corrected chi connectivity index (χ4v) is 1.52. The first-order chi connectivity index (χ1) is 6.61. The van der Waals surface area contributed by atoms with Gasteiger partial charge in [0.15, 0.2) is 0 Å². The Labute approximate surface area is 84.5 Å². The van der Waals surface area contributed by atoms with Crippen molar-refractivity contribution in [1.82, 2.24) is 0 Å². The molecule has 1 aromatic carbocycles. The highest BCUT2D eigenvalue weighted by molar-refractivity contribution is 5.45. The van der Waals surface area contributed by atoms with E-state index in [2.05, 4.69) is 0 Å². The summed E-state index contributed by atoms with van der Waals surface area (Å²) in [5, 5.41) is 9.74. The van der Waals surface area contributed by atoms with E-state index in [4.69, 9.17) is 10.5 Å². The Morgan fingerprint density at radius 2 is 2.07 bits per heavy atom. The topological polar surface area (TPSA) is 55.5 Å². The second-order valence-electron chi connectivity index (χ2n) is 3.37. The van der Waals surface area contributed by atoms with Crippen molar-refractivity contribution in [3.05, 3.63) is 28.8 Å². The van der Waals surface area contributed by atoms with E-state index >= 15 is 0 Å². The van der Waals surface area contributed by atoms with Gasteiger partial charge in [-0.1, -0.05) is 6.07 Å². The number of hydrogen-bond acceptors (Lipinski definition) is 3. The summed E-state index contributed by atoms with van der Waals surface area (Å²) in [6, 6.07) is 3.83. The summed E-state index contributed by atoms with van der Waals surface area (Å²) in [5.74, 6) is 0.700. The molecular weight excluding hydrogens is 178 g/mol. The van der Waals surface area contributed by atoms with Crippen molar-refractivity contribution < 1.29 is 9.84 Å². The van der Waals surface area contributed by atoms with Crippen LogP contribution in [0.5, 0.6) is 5.75 Å². The van der Waals surface area contributed by atoms with Gasteiger partial charge in [-0.25, -0.2) is 0 Å². The van der Waals surface area contributed by atoms with E-state index in [1.54, 1.807) is 7.11 Å². The summed E-state index contributed by atoms with van der Waals surface area (Å²) in [5.41, 5.74) is 8.42. The van der Waals surface area contributed by atoms with Crippen LogP contribution >= 0.6 is 0 Å². The number of nitrogens with two attached hydrogens (primary N) is 1. The monoisotopic (exact) mass is 195 g/mol. The lowest BCUT2D eigenvalue weighted by atomic mass is 9.98. The maximum Gasteiger partial charge on any atom is 0.124 e. The van der Waals surface area contributed by atoms with Crippen molar-refractivity contribution in [1.29, 1.82) is 0 Å². The lowest BCUT2D eigenvalue weighted by molar-refractivity contribution is 0.181. The van der Waals surface area contributed by atoms with Crippen molar-refractivity contribution in [2.24, 2.45) is 5.73 Å². The molecule has 3 nitrogen and oxygen atoms in total. The molecule has 0 amide bonds. The largest absolute Gasteiger partial charge is 0.496 e. The summed E-state index contributed by atoms with van der Waals surface area (Å²) in [6.07, 6.45) is -0.648. The van der Waals surface area contributed by atoms with Gasteiger partial charge in [-0.15, -0.1) is 0 Å². The Kier molecular flexibility index (Phi) is 3.49. The predicted molar refractivity (Wildman–Crippen MR) is 56.5 cm³/mol. The van der Waals surface area contributed by atoms with Gasteiger partial charge in [-0.05, 0) is 31.0 Å². The molecule has 14 heavy (non-hydrogen) atoms. The molecule has 0 spiro atoms. The van der Waals surface area contributed by atoms with E-state index in [0.717, 1.165) is 16.7 Å². The van der Waals surface area contributed by atoms with E-state index < -0.39 is 6.10 Å². The van der Waals surface area contributed by atoms with Crippen LogP contribution < -0.4 is 10.5 Å². The zero-order valence-electron chi connectivity index (χ0n) is 8.87. The van der Waals surface area contributed by atoms with E-state index in [0.29, 0.717) is 5.75 Å². The Morgan fingerprint density at radius 3 is 2.57 bits per heavy atom. The van der Waals surface area contributed by atoms with E-state index in [1.165, 1.54) is 0 Å². The summed E-state index contributed by atoms with van der Waals surface area (Å²) in [4.78, 5) is 0. The van der Waals surface area contributed by atoms with Gasteiger partial charge in [0, 0.05) is 12.1 Å². The third kappa shape index (κ3) is 1.89. The van der Waals surface area contributed by atoms with E-state index in [-0.39, 0.29) is 6.54 Å². The van der Waals surface area contributed by atoms with Crippen LogP contribution in [0.4, 0.5) is 0 Å². The van der Waals surface area contributed by atoms with Gasteiger partial charge >= 0.3 is 0 Å². The maximum absolute atomic E-state index is 9.74. The third-order valence-corrected chi connectivity index (χ3v) is 2.52. The molecule has 0 aliphatic rings. The van der Waals surface area contributed by atoms with Crippen molar-refractivity contribution in [3.63, 3.8) is 0 Å². The number of ether oxygens (including phenoxy) is 1. The number of aliphatic hydroxyl groups excluding tert-OH is 1. The van der Waals surface area contributed by atoms with Crippen molar-refractivity contribution >= 4 is 0 Å². The smallest absolute Gasteiger partial charge is 0.124 e. The van der Waals surface area contributed by atoms with Crippen LogP contribution in [-0.4, -0.2) is 18.8 Å². The minimum atomic E-state index is -0.648. The average molecular weight is 195 g/mol. The standard InChI is InChI=1S/C11H17NO2/c1-7-4-5-10(14-3)11(8(7)2)9(13)6-12/h4-5,9,13H,6,12H2,1-3H3. The molecule has 0 bridgehead atoms. The number of hydrogen-bond donors (Lipinski definition) is 2. The molecule has 3 heteroatoms. The van der Waals surface area contributed by atoms with Gasteiger partial charge in [-0.2, -0.15) is 0 Å². The minimum absolute atomic E-state index is 0.209. The number of benzene rings is 1. The second-order valence-corrected chi connectivity index (χ2v) is 3.37. The molecule has 0 saturated heterocycles. The Bertz CT molecular complexity index is 323. The molecule has 1 unspecified atom stereocenters. The molecule has 0 aliphatic carbocycles. The van der Waals surface area contributed by atoms with E-state index in [9.17, 15) is 5.11 Å². The molecule has 0 aliphatic heterocycles. The SMILES string of the molecule is COc1ccc(C)c(C)c1C(O)CN. The number of methoxy groups -OCH3 is 1. The van der Waals surface area contributed by atoms with Crippen LogP contribution in [0.1, 0.15) is 22.8 Å². The van der Waals surface area contributed by atoms with Crippen molar-refractivity contribution in [3.8, 4) is 5.75 Å². The number of rotatable bonds is 3. The second kappa shape index (κ2) is 4.44. The zero-order valence-corrected chi connectivity index (χ0v) is 8.87. The Morgan fingerprint density at radius 1 is 1.43 bits per heavy atom. The van der Waals surface area contributed by atoms with Gasteiger partial charge in [0.1, 0.15) is 5.75 Å². The molecule has 0 saturated carbocycles. The first kappa shape index (κ1) is 11.0. The maximum atomic E-state index is 9.74. The first-order valence-electron chi connectivity index (χ1n) is 4.64. The molecule has 0 fully saturated rings. The molecule has 0 aromatic heterocycles. The quantitative estimate of drug-likeness (QED) is 0.764. The van der Waals surface area contributed by atoms with Crippen LogP contribution in [0.15, 0.2) is 12.1 Å². The highest BCUT2D eigenvalue weighted by Crippen LogP contribution is 2.29. The summed E-state index contributed by atoms with van der Waals surface area (Å²) in [6.45, 7) is 4.17. The Hall–Kier alpha value is -1.06. The summed E-state index contributed by atoms with van der Waals surface area (Å²) >= 11 is 0. The van der Waals surface area contributed by atoms with Crippen molar-refractivity contribution in [2.45, 2.75) is 20.0 Å². The third-order valence-electron chi connectivity index (χ3n) is 2.52. The van der Waals surface area contributed by atoms with Crippen LogP contribution in [0.2, 0.25) is 0 Å². The lowest BCUT2D eigenvalue weighted by Crippen LogP contribution is -2.14. The van der Waals surface area contributed by atoms with Gasteiger partial charge in [0.05, 0.1) is 13.2 Å². The minimum Gasteiger partial charge on any atom is -0.496 e. The summed E-state index contributed by atoms with van der Waals surface area (Å²) < 4.78 is 5.19. The number of aryl methyl sites for hydroxylation is 1. The van der Waals surface area contributed by atoms with Crippen molar-refractivity contribution in [2.75, 3.05) is 13.7 Å². The lowest BCUT2D eigenvalue weighted by Gasteiger charge is -2.17. The highest BCUT2D eigenvalue weighted by atomic mass is 16.5. The number of aliphatic hydroxyl groups is 1. The molecule has 3 N–H and O–H groups in total. The molecule has 1 aromatic rings. The summed E-state index contributed by atoms with van der Waals surface area (Å²) in [7, 11) is 1.59. The molecule has 1 rings (SSSR count). The predicted octanol–water partition coefficient (Wildman–Crippen LogP) is 1.30. The first-order valence-corrected chi connectivity index (χ1v) is 4.64. The Balaban J connectivity index is 3.27. The molecule has 0 radical (unpaired) electrons. The van der Waals surface area contributed by atoms with Gasteiger partial charge in [0.25, 0.3) is 0 Å². The van der Waals surface area contributed by atoms with Gasteiger partial charge in [-0.3, -0.25) is 0 Å². The molecule has 0 heterocycles. The molecule has 1 atom stereocenters. The average Bonchev–Trinajstić information content (AvgIpc) is 2.20. The fraction of sp³-hybridized carbons (Fsp3) is 0.455. The fourth-order valence-electron chi connectivity index (χ4n) is 1.52. The van der Waals surface area contributed by atoms with Crippen LogP contribution in [-0.2, 0) is 0 Å². The van der Waals surface area contributed by atoms with Crippen LogP contribution in [0, 0.1) is 13.8 Å². The molecular formula is C11H17NO2. The normalized spacial score (nSPS) is 12.6. The van der Waals surface area contributed by atoms with E-state index in [1.807, 2.05) is 26.0 Å². The highest BCUT2D eigenvalue weighted by Gasteiger charge is 2.15. The molecule has 78 valence electrons. The zero-order chi connectivity index (χ0) is 10.7. The van der Waals surface area contributed by atoms with Crippen LogP contribution in [0.25, 0.3) is 0 Å². The van der Waals surface area contributed by atoms with Gasteiger partial charge in [0.2, 0.25) is 0 Å². The van der Waals surface area contributed by atoms with Gasteiger partial charge < -0.3 is 15.6 Å².